The summed E-state index contributed by atoms with van der Waals surface area (Å²) in [6, 6.07) is 0. The molecular formula is C18H28O3. The van der Waals surface area contributed by atoms with Gasteiger partial charge in [-0.25, -0.2) is 0 Å². The smallest absolute Gasteiger partial charge is 0.311 e. The number of esters is 1. The second-order valence-corrected chi connectivity index (χ2v) is 6.40. The molecule has 0 aliphatic carbocycles. The van der Waals surface area contributed by atoms with E-state index in [0.717, 1.165) is 25.7 Å². The van der Waals surface area contributed by atoms with E-state index in [0.29, 0.717) is 19.4 Å². The Labute approximate surface area is 128 Å². The maximum atomic E-state index is 12.2. The molecule has 3 heteroatoms. The molecule has 1 aliphatic rings. The fraction of sp³-hybridized carbons (Fsp3) is 0.667. The highest BCUT2D eigenvalue weighted by Gasteiger charge is 2.34. The maximum absolute atomic E-state index is 12.2. The van der Waals surface area contributed by atoms with Crippen LogP contribution in [0.3, 0.4) is 0 Å². The Morgan fingerprint density at radius 1 is 1.14 bits per heavy atom. The largest absolute Gasteiger partial charge is 0.465 e. The summed E-state index contributed by atoms with van der Waals surface area (Å²) in [4.78, 5) is 23.8. The van der Waals surface area contributed by atoms with E-state index in [-0.39, 0.29) is 17.7 Å². The molecule has 0 fully saturated rings. The lowest BCUT2D eigenvalue weighted by molar-refractivity contribution is -0.156. The Balaban J connectivity index is 2.65. The van der Waals surface area contributed by atoms with E-state index in [2.05, 4.69) is 6.92 Å². The maximum Gasteiger partial charge on any atom is 0.311 e. The average molecular weight is 292 g/mol. The van der Waals surface area contributed by atoms with Gasteiger partial charge in [-0.2, -0.15) is 0 Å². The van der Waals surface area contributed by atoms with Crippen molar-refractivity contribution < 1.29 is 14.3 Å². The van der Waals surface area contributed by atoms with Crippen molar-refractivity contribution in [1.82, 2.24) is 0 Å². The Kier molecular flexibility index (Phi) is 7.41. The molecule has 1 heterocycles. The van der Waals surface area contributed by atoms with Gasteiger partial charge in [-0.05, 0) is 45.1 Å². The molecule has 1 atom stereocenters. The Morgan fingerprint density at radius 3 is 2.67 bits per heavy atom. The monoisotopic (exact) mass is 292 g/mol. The van der Waals surface area contributed by atoms with E-state index >= 15 is 0 Å². The third kappa shape index (κ3) is 6.28. The Bertz CT molecular complexity index is 405. The predicted octanol–water partition coefficient (Wildman–Crippen LogP) is 4.23. The van der Waals surface area contributed by atoms with Gasteiger partial charge in [0.1, 0.15) is 0 Å². The van der Waals surface area contributed by atoms with E-state index in [1.165, 1.54) is 0 Å². The van der Waals surface area contributed by atoms with Gasteiger partial charge in [0.2, 0.25) is 0 Å². The van der Waals surface area contributed by atoms with Crippen LogP contribution >= 0.6 is 0 Å². The number of carbonyl (C=O) groups excluding carboxylic acids is 2. The number of ether oxygens (including phenoxy) is 1. The van der Waals surface area contributed by atoms with Crippen molar-refractivity contribution in [3.8, 4) is 0 Å². The summed E-state index contributed by atoms with van der Waals surface area (Å²) < 4.78 is 5.37. The topological polar surface area (TPSA) is 43.4 Å². The van der Waals surface area contributed by atoms with Gasteiger partial charge in [-0.3, -0.25) is 9.59 Å². The summed E-state index contributed by atoms with van der Waals surface area (Å²) in [7, 11) is 0. The van der Waals surface area contributed by atoms with Crippen molar-refractivity contribution in [2.75, 3.05) is 6.61 Å². The molecule has 1 aliphatic heterocycles. The van der Waals surface area contributed by atoms with Gasteiger partial charge in [-0.1, -0.05) is 38.0 Å². The Morgan fingerprint density at radius 2 is 1.90 bits per heavy atom. The van der Waals surface area contributed by atoms with Gasteiger partial charge in [0.15, 0.2) is 5.78 Å². The number of rotatable bonds is 0. The molecule has 0 spiro atoms. The SMILES string of the molecule is CC1CCCCCC(=O)/C=C\C=C/CCOC(=O)C1(C)C. The van der Waals surface area contributed by atoms with Crippen LogP contribution in [0, 0.1) is 11.3 Å². The second-order valence-electron chi connectivity index (χ2n) is 6.40. The fourth-order valence-electron chi connectivity index (χ4n) is 2.32. The van der Waals surface area contributed by atoms with Gasteiger partial charge < -0.3 is 4.74 Å². The average Bonchev–Trinajstić information content (AvgIpc) is 2.44. The molecule has 3 nitrogen and oxygen atoms in total. The first-order chi connectivity index (χ1) is 9.94. The van der Waals surface area contributed by atoms with Crippen LogP contribution < -0.4 is 0 Å². The molecule has 21 heavy (non-hydrogen) atoms. The first-order valence-electron chi connectivity index (χ1n) is 7.98. The van der Waals surface area contributed by atoms with E-state index in [1.54, 1.807) is 12.2 Å². The lowest BCUT2D eigenvalue weighted by Gasteiger charge is -2.29. The summed E-state index contributed by atoms with van der Waals surface area (Å²) in [6.07, 6.45) is 12.4. The molecule has 0 N–H and O–H groups in total. The van der Waals surface area contributed by atoms with Crippen LogP contribution in [0.2, 0.25) is 0 Å². The summed E-state index contributed by atoms with van der Waals surface area (Å²) in [6.45, 7) is 6.43. The molecule has 0 aromatic heterocycles. The molecule has 0 radical (unpaired) electrons. The highest BCUT2D eigenvalue weighted by atomic mass is 16.5. The quantitative estimate of drug-likeness (QED) is 0.628. The molecule has 0 aromatic rings. The van der Waals surface area contributed by atoms with Crippen LogP contribution in [0.25, 0.3) is 0 Å². The molecule has 1 rings (SSSR count). The van der Waals surface area contributed by atoms with Crippen LogP contribution in [-0.2, 0) is 14.3 Å². The first kappa shape index (κ1) is 17.7. The number of ketones is 1. The van der Waals surface area contributed by atoms with Gasteiger partial charge in [0.25, 0.3) is 0 Å². The van der Waals surface area contributed by atoms with Crippen LogP contribution in [0.4, 0.5) is 0 Å². The Hall–Kier alpha value is -1.38. The van der Waals surface area contributed by atoms with E-state index in [9.17, 15) is 9.59 Å². The van der Waals surface area contributed by atoms with Crippen molar-refractivity contribution in [2.45, 2.75) is 59.3 Å². The summed E-state index contributed by atoms with van der Waals surface area (Å²) in [5.41, 5.74) is -0.448. The zero-order valence-electron chi connectivity index (χ0n) is 13.6. The lowest BCUT2D eigenvalue weighted by atomic mass is 9.77. The zero-order valence-corrected chi connectivity index (χ0v) is 13.6. The van der Waals surface area contributed by atoms with Crippen LogP contribution in [0.1, 0.15) is 59.3 Å². The summed E-state index contributed by atoms with van der Waals surface area (Å²) in [5.74, 6) is 0.358. The molecule has 1 unspecified atom stereocenters. The van der Waals surface area contributed by atoms with Crippen LogP contribution in [0.15, 0.2) is 24.3 Å². The predicted molar refractivity (Wildman–Crippen MR) is 84.9 cm³/mol. The molecule has 0 amide bonds. The summed E-state index contributed by atoms with van der Waals surface area (Å²) >= 11 is 0. The number of hydrogen-bond donors (Lipinski definition) is 0. The minimum atomic E-state index is -0.448. The van der Waals surface area contributed by atoms with E-state index in [4.69, 9.17) is 4.74 Å². The van der Waals surface area contributed by atoms with Gasteiger partial charge in [0, 0.05) is 6.42 Å². The number of cyclic esters (lactones) is 1. The van der Waals surface area contributed by atoms with Crippen molar-refractivity contribution in [2.24, 2.45) is 11.3 Å². The van der Waals surface area contributed by atoms with Crippen molar-refractivity contribution in [3.63, 3.8) is 0 Å². The van der Waals surface area contributed by atoms with Crippen molar-refractivity contribution >= 4 is 11.8 Å². The highest BCUT2D eigenvalue weighted by molar-refractivity contribution is 5.89. The van der Waals surface area contributed by atoms with Crippen molar-refractivity contribution in [3.05, 3.63) is 24.3 Å². The molecule has 0 aromatic carbocycles. The minimum absolute atomic E-state index is 0.110. The molecule has 118 valence electrons. The number of hydrogen-bond acceptors (Lipinski definition) is 3. The number of allylic oxidation sites excluding steroid dienone is 3. The first-order valence-corrected chi connectivity index (χ1v) is 7.98. The fourth-order valence-corrected chi connectivity index (χ4v) is 2.32. The lowest BCUT2D eigenvalue weighted by Crippen LogP contribution is -2.33. The zero-order chi connectivity index (χ0) is 15.7. The molecule has 0 bridgehead atoms. The third-order valence-corrected chi connectivity index (χ3v) is 4.37. The third-order valence-electron chi connectivity index (χ3n) is 4.37. The van der Waals surface area contributed by atoms with Gasteiger partial charge in [-0.15, -0.1) is 0 Å². The molecule has 0 saturated heterocycles. The van der Waals surface area contributed by atoms with Crippen LogP contribution in [-0.4, -0.2) is 18.4 Å². The van der Waals surface area contributed by atoms with Gasteiger partial charge in [0.05, 0.1) is 12.0 Å². The highest BCUT2D eigenvalue weighted by Crippen LogP contribution is 2.32. The summed E-state index contributed by atoms with van der Waals surface area (Å²) in [5, 5.41) is 0. The molecular weight excluding hydrogens is 264 g/mol. The standard InChI is InChI=1S/C18H28O3/c1-15-11-7-6-9-13-16(19)12-8-4-5-10-14-21-17(20)18(15,2)3/h4-5,8,12,15H,6-7,9-11,13-14H2,1-3H3/b5-4-,12-8-. The van der Waals surface area contributed by atoms with Gasteiger partial charge >= 0.3 is 5.97 Å². The van der Waals surface area contributed by atoms with E-state index in [1.807, 2.05) is 26.0 Å². The second kappa shape index (κ2) is 8.81. The minimum Gasteiger partial charge on any atom is -0.465 e. The van der Waals surface area contributed by atoms with Crippen LogP contribution in [0.5, 0.6) is 0 Å². The molecule has 0 saturated carbocycles. The number of carbonyl (C=O) groups is 2. The van der Waals surface area contributed by atoms with E-state index < -0.39 is 5.41 Å². The van der Waals surface area contributed by atoms with Crippen molar-refractivity contribution in [1.29, 1.82) is 0 Å². The normalized spacial score (nSPS) is 28.6.